The summed E-state index contributed by atoms with van der Waals surface area (Å²) in [6, 6.07) is 9.68. The first-order chi connectivity index (χ1) is 15.3. The van der Waals surface area contributed by atoms with E-state index in [9.17, 15) is 27.5 Å². The molecule has 1 heterocycles. The van der Waals surface area contributed by atoms with Gasteiger partial charge < -0.3 is 14.6 Å². The molecule has 0 unspecified atom stereocenters. The van der Waals surface area contributed by atoms with Gasteiger partial charge in [-0.15, -0.1) is 0 Å². The highest BCUT2D eigenvalue weighted by Gasteiger charge is 2.23. The van der Waals surface area contributed by atoms with Crippen molar-refractivity contribution in [2.75, 3.05) is 0 Å². The molecule has 0 saturated heterocycles. The monoisotopic (exact) mass is 442 g/mol. The van der Waals surface area contributed by atoms with Gasteiger partial charge in [0.25, 0.3) is 0 Å². The van der Waals surface area contributed by atoms with Crippen molar-refractivity contribution >= 4 is 17.1 Å². The molecule has 164 valence electrons. The zero-order valence-electron chi connectivity index (χ0n) is 16.6. The number of carbonyl (C=O) groups is 1. The first-order valence-corrected chi connectivity index (χ1v) is 9.81. The summed E-state index contributed by atoms with van der Waals surface area (Å²) in [6.07, 6.45) is 1.82. The predicted molar refractivity (Wildman–Crippen MR) is 106 cm³/mol. The molecule has 0 spiro atoms. The Morgan fingerprint density at radius 1 is 0.969 bits per heavy atom. The fourth-order valence-corrected chi connectivity index (χ4v) is 3.76. The second-order valence-corrected chi connectivity index (χ2v) is 7.26. The lowest BCUT2D eigenvalue weighted by Crippen LogP contribution is -2.23. The van der Waals surface area contributed by atoms with E-state index in [1.165, 1.54) is 24.3 Å². The maximum atomic E-state index is 14.1. The highest BCUT2D eigenvalue weighted by Crippen LogP contribution is 2.42. The first-order valence-electron chi connectivity index (χ1n) is 9.81. The lowest BCUT2D eigenvalue weighted by atomic mass is 9.98. The van der Waals surface area contributed by atoms with Crippen molar-refractivity contribution in [2.24, 2.45) is 0 Å². The Morgan fingerprint density at radius 3 is 2.50 bits per heavy atom. The number of hydrogen-bond acceptors (Lipinski definition) is 4. The number of benzene rings is 2. The summed E-state index contributed by atoms with van der Waals surface area (Å²) < 4.78 is 61.1. The van der Waals surface area contributed by atoms with Gasteiger partial charge in [-0.2, -0.15) is 0 Å². The molecule has 4 nitrogen and oxygen atoms in total. The molecular formula is C24H16F4NO3-. The van der Waals surface area contributed by atoms with Gasteiger partial charge in [-0.1, -0.05) is 6.07 Å². The highest BCUT2D eigenvalue weighted by molar-refractivity contribution is 5.94. The standard InChI is InChI=1S/C24H17F4NO3/c25-13-7-10-22(32-12-17-18(26)8-9-19(27)23(17)28)16(11-13)14-3-1-4-15(14)20-5-2-6-21(29-20)24(30)31/h2,5-11H,1,3-4,12H2,(H,30,31)/p-1. The van der Waals surface area contributed by atoms with Crippen LogP contribution >= 0.6 is 0 Å². The number of pyridine rings is 1. The number of allylic oxidation sites excluding steroid dienone is 2. The number of aromatic nitrogens is 1. The molecule has 0 bridgehead atoms. The zero-order chi connectivity index (χ0) is 22.8. The molecule has 0 N–H and O–H groups in total. The lowest BCUT2D eigenvalue weighted by Gasteiger charge is -2.15. The largest absolute Gasteiger partial charge is 0.543 e. The normalized spacial score (nSPS) is 13.5. The molecule has 0 atom stereocenters. The van der Waals surface area contributed by atoms with E-state index in [-0.39, 0.29) is 11.4 Å². The molecule has 8 heteroatoms. The number of ether oxygens (including phenoxy) is 1. The minimum Gasteiger partial charge on any atom is -0.543 e. The van der Waals surface area contributed by atoms with Crippen LogP contribution in [0.15, 0.2) is 48.5 Å². The van der Waals surface area contributed by atoms with E-state index in [0.29, 0.717) is 47.7 Å². The van der Waals surface area contributed by atoms with Gasteiger partial charge in [-0.3, -0.25) is 0 Å². The Morgan fingerprint density at radius 2 is 1.72 bits per heavy atom. The predicted octanol–water partition coefficient (Wildman–Crippen LogP) is 4.68. The molecule has 0 radical (unpaired) electrons. The van der Waals surface area contributed by atoms with Gasteiger partial charge in [0.2, 0.25) is 0 Å². The summed E-state index contributed by atoms with van der Waals surface area (Å²) in [5, 5.41) is 11.2. The smallest absolute Gasteiger partial charge is 0.168 e. The van der Waals surface area contributed by atoms with Crippen molar-refractivity contribution in [3.8, 4) is 5.75 Å². The second-order valence-electron chi connectivity index (χ2n) is 7.26. The molecule has 32 heavy (non-hydrogen) atoms. The van der Waals surface area contributed by atoms with Crippen LogP contribution in [0.1, 0.15) is 46.6 Å². The molecule has 0 saturated carbocycles. The van der Waals surface area contributed by atoms with Crippen LogP contribution in [0, 0.1) is 23.3 Å². The number of hydrogen-bond donors (Lipinski definition) is 0. The van der Waals surface area contributed by atoms with Crippen molar-refractivity contribution in [1.82, 2.24) is 4.98 Å². The van der Waals surface area contributed by atoms with E-state index in [4.69, 9.17) is 4.74 Å². The fraction of sp³-hybridized carbons (Fsp3) is 0.167. The molecule has 0 amide bonds. The van der Waals surface area contributed by atoms with Crippen molar-refractivity contribution < 1.29 is 32.2 Å². The van der Waals surface area contributed by atoms with Gasteiger partial charge in [-0.25, -0.2) is 22.5 Å². The molecule has 0 fully saturated rings. The van der Waals surface area contributed by atoms with Crippen LogP contribution in [-0.2, 0) is 6.61 Å². The SMILES string of the molecule is O=C([O-])c1cccc(C2=C(c3cc(F)ccc3OCc3c(F)ccc(F)c3F)CCC2)n1. The summed E-state index contributed by atoms with van der Waals surface area (Å²) in [4.78, 5) is 15.3. The third-order valence-corrected chi connectivity index (χ3v) is 5.26. The Balaban J connectivity index is 1.73. The molecule has 1 aliphatic carbocycles. The Hall–Kier alpha value is -3.68. The number of nitrogens with zero attached hydrogens (tertiary/aromatic N) is 1. The van der Waals surface area contributed by atoms with Crippen LogP contribution in [0.2, 0.25) is 0 Å². The van der Waals surface area contributed by atoms with Gasteiger partial charge in [0.05, 0.1) is 22.9 Å². The number of carbonyl (C=O) groups excluding carboxylic acids is 1. The first kappa shape index (κ1) is 21.5. The Kier molecular flexibility index (Phi) is 5.94. The average Bonchev–Trinajstić information content (AvgIpc) is 3.27. The van der Waals surface area contributed by atoms with E-state index in [2.05, 4.69) is 4.98 Å². The summed E-state index contributed by atoms with van der Waals surface area (Å²) in [7, 11) is 0. The van der Waals surface area contributed by atoms with Crippen molar-refractivity contribution in [2.45, 2.75) is 25.9 Å². The average molecular weight is 442 g/mol. The van der Waals surface area contributed by atoms with E-state index in [1.807, 2.05) is 0 Å². The van der Waals surface area contributed by atoms with E-state index in [1.54, 1.807) is 6.07 Å². The summed E-state index contributed by atoms with van der Waals surface area (Å²) in [6.45, 7) is -0.602. The van der Waals surface area contributed by atoms with Gasteiger partial charge in [0.1, 0.15) is 24.0 Å². The second kappa shape index (κ2) is 8.82. The third-order valence-electron chi connectivity index (χ3n) is 5.26. The van der Waals surface area contributed by atoms with Crippen molar-refractivity contribution in [3.63, 3.8) is 0 Å². The molecule has 0 aliphatic heterocycles. The summed E-state index contributed by atoms with van der Waals surface area (Å²) in [5.41, 5.74) is 1.36. The lowest BCUT2D eigenvalue weighted by molar-refractivity contribution is -0.255. The minimum atomic E-state index is -1.42. The fourth-order valence-electron chi connectivity index (χ4n) is 3.76. The van der Waals surface area contributed by atoms with Crippen LogP contribution in [-0.4, -0.2) is 11.0 Å². The molecule has 1 aromatic heterocycles. The molecule has 3 aromatic rings. The highest BCUT2D eigenvalue weighted by atomic mass is 19.2. The van der Waals surface area contributed by atoms with Gasteiger partial charge >= 0.3 is 0 Å². The molecular weight excluding hydrogens is 426 g/mol. The van der Waals surface area contributed by atoms with E-state index >= 15 is 0 Å². The number of rotatable bonds is 6. The van der Waals surface area contributed by atoms with Crippen LogP contribution in [0.3, 0.4) is 0 Å². The van der Waals surface area contributed by atoms with Crippen LogP contribution < -0.4 is 9.84 Å². The summed E-state index contributed by atoms with van der Waals surface area (Å²) >= 11 is 0. The maximum absolute atomic E-state index is 14.1. The van der Waals surface area contributed by atoms with Gasteiger partial charge in [0.15, 0.2) is 11.6 Å². The molecule has 4 rings (SSSR count). The van der Waals surface area contributed by atoms with Crippen LogP contribution in [0.4, 0.5) is 17.6 Å². The van der Waals surface area contributed by atoms with Gasteiger partial charge in [-0.05, 0) is 72.9 Å². The van der Waals surface area contributed by atoms with E-state index in [0.717, 1.165) is 12.1 Å². The molecule has 1 aliphatic rings. The summed E-state index contributed by atoms with van der Waals surface area (Å²) in [5.74, 6) is -5.33. The number of halogens is 4. The number of carboxylic acids is 1. The topological polar surface area (TPSA) is 62.2 Å². The Labute approximate surface area is 180 Å². The number of aromatic carboxylic acids is 1. The zero-order valence-corrected chi connectivity index (χ0v) is 16.6. The van der Waals surface area contributed by atoms with E-state index < -0.39 is 41.4 Å². The van der Waals surface area contributed by atoms with Crippen molar-refractivity contribution in [3.05, 3.63) is 94.3 Å². The van der Waals surface area contributed by atoms with Crippen molar-refractivity contribution in [1.29, 1.82) is 0 Å². The quantitative estimate of drug-likeness (QED) is 0.411. The van der Waals surface area contributed by atoms with Crippen LogP contribution in [0.5, 0.6) is 5.75 Å². The maximum Gasteiger partial charge on any atom is 0.168 e. The van der Waals surface area contributed by atoms with Gasteiger partial charge in [0, 0.05) is 5.56 Å². The Bertz CT molecular complexity index is 1240. The molecule has 2 aromatic carbocycles. The third kappa shape index (κ3) is 4.21. The minimum absolute atomic E-state index is 0.153. The van der Waals surface area contributed by atoms with Crippen LogP contribution in [0.25, 0.3) is 11.1 Å². The number of carboxylic acid groups (broad SMARTS) is 1.